The predicted molar refractivity (Wildman–Crippen MR) is 75.4 cm³/mol. The Kier molecular flexibility index (Phi) is 5.82. The summed E-state index contributed by atoms with van der Waals surface area (Å²) < 4.78 is 7.82. The summed E-state index contributed by atoms with van der Waals surface area (Å²) in [5.74, 6) is 5.71. The van der Waals surface area contributed by atoms with Crippen molar-refractivity contribution in [2.45, 2.75) is 64.1 Å². The van der Waals surface area contributed by atoms with E-state index >= 15 is 0 Å². The van der Waals surface area contributed by atoms with Gasteiger partial charge in [0.05, 0.1) is 17.8 Å². The zero-order valence-electron chi connectivity index (χ0n) is 11.8. The van der Waals surface area contributed by atoms with Crippen molar-refractivity contribution in [2.75, 3.05) is 6.61 Å². The zero-order valence-corrected chi connectivity index (χ0v) is 11.8. The normalized spacial score (nSPS) is 21.5. The minimum absolute atomic E-state index is 0.166. The molecule has 5 heteroatoms. The van der Waals surface area contributed by atoms with E-state index < -0.39 is 0 Å². The van der Waals surface area contributed by atoms with Gasteiger partial charge in [0.25, 0.3) is 0 Å². The molecule has 2 unspecified atom stereocenters. The van der Waals surface area contributed by atoms with Crippen LogP contribution in [0.5, 0.6) is 0 Å². The number of hydrazine groups is 1. The summed E-state index contributed by atoms with van der Waals surface area (Å²) >= 11 is 0. The van der Waals surface area contributed by atoms with Gasteiger partial charge >= 0.3 is 0 Å². The monoisotopic (exact) mass is 266 g/mol. The molecule has 2 rings (SSSR count). The van der Waals surface area contributed by atoms with E-state index in [2.05, 4.69) is 23.5 Å². The number of aromatic nitrogens is 2. The van der Waals surface area contributed by atoms with Gasteiger partial charge in [-0.15, -0.1) is 0 Å². The molecule has 1 aliphatic rings. The van der Waals surface area contributed by atoms with Crippen LogP contribution >= 0.6 is 0 Å². The topological polar surface area (TPSA) is 65.1 Å². The first-order valence-corrected chi connectivity index (χ1v) is 7.44. The Hall–Kier alpha value is -0.910. The van der Waals surface area contributed by atoms with Crippen molar-refractivity contribution in [3.05, 3.63) is 18.0 Å². The van der Waals surface area contributed by atoms with Crippen LogP contribution in [0.1, 0.15) is 57.2 Å². The summed E-state index contributed by atoms with van der Waals surface area (Å²) in [5, 5.41) is 4.36. The SMILES string of the molecule is CCCn1nccc1C(CCC1CCCCO1)NN. The van der Waals surface area contributed by atoms with Crippen LogP contribution in [0.2, 0.25) is 0 Å². The first-order valence-electron chi connectivity index (χ1n) is 7.44. The molecule has 0 amide bonds. The average Bonchev–Trinajstić information content (AvgIpc) is 2.90. The van der Waals surface area contributed by atoms with Crippen LogP contribution in [0, 0.1) is 0 Å². The van der Waals surface area contributed by atoms with Gasteiger partial charge in [0.2, 0.25) is 0 Å². The molecule has 1 fully saturated rings. The number of nitrogens with two attached hydrogens (primary N) is 1. The largest absolute Gasteiger partial charge is 0.378 e. The maximum atomic E-state index is 5.78. The molecule has 0 aromatic carbocycles. The van der Waals surface area contributed by atoms with Gasteiger partial charge in [0.1, 0.15) is 0 Å². The molecule has 19 heavy (non-hydrogen) atoms. The van der Waals surface area contributed by atoms with E-state index in [1.807, 2.05) is 10.9 Å². The van der Waals surface area contributed by atoms with Gasteiger partial charge in [-0.3, -0.25) is 16.0 Å². The summed E-state index contributed by atoms with van der Waals surface area (Å²) in [5.41, 5.74) is 4.11. The lowest BCUT2D eigenvalue weighted by Gasteiger charge is -2.25. The van der Waals surface area contributed by atoms with E-state index in [0.717, 1.165) is 32.4 Å². The summed E-state index contributed by atoms with van der Waals surface area (Å²) in [4.78, 5) is 0. The van der Waals surface area contributed by atoms with Crippen LogP contribution in [0.4, 0.5) is 0 Å². The molecule has 0 radical (unpaired) electrons. The van der Waals surface area contributed by atoms with Crippen molar-refractivity contribution in [1.82, 2.24) is 15.2 Å². The number of rotatable bonds is 7. The third-order valence-electron chi connectivity index (χ3n) is 3.79. The molecule has 108 valence electrons. The maximum absolute atomic E-state index is 5.78. The number of nitrogens with one attached hydrogen (secondary N) is 1. The molecule has 5 nitrogen and oxygen atoms in total. The summed E-state index contributed by atoms with van der Waals surface area (Å²) in [7, 11) is 0. The molecule has 0 spiro atoms. The molecule has 0 saturated carbocycles. The Balaban J connectivity index is 1.89. The zero-order chi connectivity index (χ0) is 13.5. The molecule has 2 heterocycles. The van der Waals surface area contributed by atoms with Crippen molar-refractivity contribution in [3.63, 3.8) is 0 Å². The van der Waals surface area contributed by atoms with E-state index in [4.69, 9.17) is 10.6 Å². The molecular formula is C14H26N4O. The Morgan fingerprint density at radius 2 is 2.47 bits per heavy atom. The van der Waals surface area contributed by atoms with Crippen LogP contribution < -0.4 is 11.3 Å². The number of ether oxygens (including phenoxy) is 1. The second-order valence-corrected chi connectivity index (χ2v) is 5.26. The Morgan fingerprint density at radius 1 is 1.58 bits per heavy atom. The number of hydrogen-bond acceptors (Lipinski definition) is 4. The van der Waals surface area contributed by atoms with Gasteiger partial charge in [-0.2, -0.15) is 5.10 Å². The van der Waals surface area contributed by atoms with Crippen molar-refractivity contribution in [3.8, 4) is 0 Å². The minimum atomic E-state index is 0.166. The van der Waals surface area contributed by atoms with Crippen molar-refractivity contribution in [1.29, 1.82) is 0 Å². The van der Waals surface area contributed by atoms with Gasteiger partial charge in [-0.1, -0.05) is 6.92 Å². The number of nitrogens with zero attached hydrogens (tertiary/aromatic N) is 2. The quantitative estimate of drug-likeness (QED) is 0.586. The fourth-order valence-electron chi connectivity index (χ4n) is 2.74. The van der Waals surface area contributed by atoms with Gasteiger partial charge in [0.15, 0.2) is 0 Å². The van der Waals surface area contributed by atoms with E-state index in [1.54, 1.807) is 0 Å². The lowest BCUT2D eigenvalue weighted by Crippen LogP contribution is -2.31. The van der Waals surface area contributed by atoms with Crippen molar-refractivity contribution in [2.24, 2.45) is 5.84 Å². The summed E-state index contributed by atoms with van der Waals surface area (Å²) in [6.07, 6.45) is 9.09. The molecule has 1 aromatic rings. The second-order valence-electron chi connectivity index (χ2n) is 5.26. The highest BCUT2D eigenvalue weighted by Gasteiger charge is 2.19. The standard InChI is InChI=1S/C14H26N4O/c1-2-10-18-14(8-9-16-18)13(17-15)7-6-12-5-3-4-11-19-12/h8-9,12-13,17H,2-7,10-11,15H2,1H3. The Bertz CT molecular complexity index is 360. The highest BCUT2D eigenvalue weighted by atomic mass is 16.5. The molecule has 0 aliphatic carbocycles. The first-order chi connectivity index (χ1) is 9.35. The minimum Gasteiger partial charge on any atom is -0.378 e. The molecule has 3 N–H and O–H groups in total. The number of hydrogen-bond donors (Lipinski definition) is 2. The van der Waals surface area contributed by atoms with Crippen LogP contribution in [0.25, 0.3) is 0 Å². The van der Waals surface area contributed by atoms with Gasteiger partial charge in [0, 0.05) is 19.3 Å². The smallest absolute Gasteiger partial charge is 0.0630 e. The van der Waals surface area contributed by atoms with E-state index in [9.17, 15) is 0 Å². The number of aryl methyl sites for hydroxylation is 1. The lowest BCUT2D eigenvalue weighted by atomic mass is 10.0. The first kappa shape index (κ1) is 14.5. The molecule has 0 bridgehead atoms. The Labute approximate surface area is 115 Å². The highest BCUT2D eigenvalue weighted by Crippen LogP contribution is 2.23. The fraction of sp³-hybridized carbons (Fsp3) is 0.786. The van der Waals surface area contributed by atoms with Crippen molar-refractivity contribution < 1.29 is 4.74 Å². The second kappa shape index (κ2) is 7.62. The van der Waals surface area contributed by atoms with E-state index in [1.165, 1.54) is 25.0 Å². The summed E-state index contributed by atoms with van der Waals surface area (Å²) in [6, 6.07) is 2.22. The fourth-order valence-corrected chi connectivity index (χ4v) is 2.74. The molecule has 1 saturated heterocycles. The maximum Gasteiger partial charge on any atom is 0.0630 e. The van der Waals surface area contributed by atoms with E-state index in [0.29, 0.717) is 6.10 Å². The van der Waals surface area contributed by atoms with E-state index in [-0.39, 0.29) is 6.04 Å². The molecule has 2 atom stereocenters. The van der Waals surface area contributed by atoms with Crippen LogP contribution in [0.3, 0.4) is 0 Å². The van der Waals surface area contributed by atoms with Gasteiger partial charge < -0.3 is 4.74 Å². The van der Waals surface area contributed by atoms with Crippen LogP contribution in [0.15, 0.2) is 12.3 Å². The average molecular weight is 266 g/mol. The highest BCUT2D eigenvalue weighted by molar-refractivity contribution is 5.06. The summed E-state index contributed by atoms with van der Waals surface area (Å²) in [6.45, 7) is 4.02. The molecule has 1 aliphatic heterocycles. The predicted octanol–water partition coefficient (Wildman–Crippen LogP) is 2.15. The third-order valence-corrected chi connectivity index (χ3v) is 3.79. The van der Waals surface area contributed by atoms with Crippen LogP contribution in [-0.2, 0) is 11.3 Å². The molecular weight excluding hydrogens is 240 g/mol. The Morgan fingerprint density at radius 3 is 3.16 bits per heavy atom. The van der Waals surface area contributed by atoms with Crippen LogP contribution in [-0.4, -0.2) is 22.5 Å². The molecule has 1 aromatic heterocycles. The lowest BCUT2D eigenvalue weighted by molar-refractivity contribution is 0.00840. The van der Waals surface area contributed by atoms with Gasteiger partial charge in [-0.25, -0.2) is 0 Å². The van der Waals surface area contributed by atoms with Crippen molar-refractivity contribution >= 4 is 0 Å². The third kappa shape index (κ3) is 4.03. The van der Waals surface area contributed by atoms with Gasteiger partial charge in [-0.05, 0) is 44.6 Å².